The molecule has 0 spiro atoms. The van der Waals surface area contributed by atoms with Gasteiger partial charge in [0.2, 0.25) is 0 Å². The molecule has 1 aromatic carbocycles. The summed E-state index contributed by atoms with van der Waals surface area (Å²) in [7, 11) is 1.64. The molecule has 4 nitrogen and oxygen atoms in total. The van der Waals surface area contributed by atoms with Crippen LogP contribution in [0.15, 0.2) is 36.5 Å². The Morgan fingerprint density at radius 1 is 1.30 bits per heavy atom. The van der Waals surface area contributed by atoms with Crippen LogP contribution in [0.25, 0.3) is 0 Å². The standard InChI is InChI=1S/C18H23FN2O2/c1-12(8-14-4-6-16(23-3)7-5-14)20-11-18(22)17-9-15(19)10-21-13(17)2/h4-7,9-10,12,18,20,22H,8,11H2,1-3H3/t12-,18+/m1/s1. The number of aliphatic hydroxyl groups excluding tert-OH is 1. The van der Waals surface area contributed by atoms with Gasteiger partial charge in [-0.15, -0.1) is 0 Å². The minimum absolute atomic E-state index is 0.180. The van der Waals surface area contributed by atoms with Crippen molar-refractivity contribution < 1.29 is 14.2 Å². The van der Waals surface area contributed by atoms with Gasteiger partial charge in [0.1, 0.15) is 11.6 Å². The Kier molecular flexibility index (Phi) is 6.07. The first-order valence-electron chi connectivity index (χ1n) is 7.66. The molecule has 1 heterocycles. The second-order valence-corrected chi connectivity index (χ2v) is 5.71. The highest BCUT2D eigenvalue weighted by molar-refractivity contribution is 5.27. The van der Waals surface area contributed by atoms with E-state index in [0.29, 0.717) is 17.8 Å². The van der Waals surface area contributed by atoms with Crippen molar-refractivity contribution in [2.45, 2.75) is 32.4 Å². The lowest BCUT2D eigenvalue weighted by Gasteiger charge is -2.18. The average Bonchev–Trinajstić information content (AvgIpc) is 2.55. The summed E-state index contributed by atoms with van der Waals surface area (Å²) in [4.78, 5) is 3.94. The summed E-state index contributed by atoms with van der Waals surface area (Å²) in [5.74, 6) is 0.398. The second kappa shape index (κ2) is 8.04. The fourth-order valence-electron chi connectivity index (χ4n) is 2.47. The molecule has 0 aliphatic rings. The maximum atomic E-state index is 13.3. The SMILES string of the molecule is COc1ccc(C[C@@H](C)NC[C@H](O)c2cc(F)cnc2C)cc1. The zero-order valence-corrected chi connectivity index (χ0v) is 13.7. The third-order valence-corrected chi connectivity index (χ3v) is 3.81. The third kappa shape index (κ3) is 5.01. The number of hydrogen-bond donors (Lipinski definition) is 2. The minimum atomic E-state index is -0.781. The predicted molar refractivity (Wildman–Crippen MR) is 88.1 cm³/mol. The van der Waals surface area contributed by atoms with Crippen molar-refractivity contribution in [1.82, 2.24) is 10.3 Å². The van der Waals surface area contributed by atoms with Crippen LogP contribution in [0.3, 0.4) is 0 Å². The molecule has 0 bridgehead atoms. The topological polar surface area (TPSA) is 54.4 Å². The molecule has 5 heteroatoms. The Hall–Kier alpha value is -1.98. The monoisotopic (exact) mass is 318 g/mol. The van der Waals surface area contributed by atoms with Crippen molar-refractivity contribution in [3.05, 3.63) is 59.2 Å². The second-order valence-electron chi connectivity index (χ2n) is 5.71. The largest absolute Gasteiger partial charge is 0.497 e. The van der Waals surface area contributed by atoms with Crippen LogP contribution < -0.4 is 10.1 Å². The number of aromatic nitrogens is 1. The van der Waals surface area contributed by atoms with E-state index in [1.54, 1.807) is 14.0 Å². The smallest absolute Gasteiger partial charge is 0.141 e. The Bertz CT molecular complexity index is 631. The van der Waals surface area contributed by atoms with Crippen LogP contribution in [0.1, 0.15) is 29.8 Å². The van der Waals surface area contributed by atoms with Gasteiger partial charge in [0, 0.05) is 23.8 Å². The molecular formula is C18H23FN2O2. The van der Waals surface area contributed by atoms with Gasteiger partial charge in [-0.25, -0.2) is 4.39 Å². The summed E-state index contributed by atoms with van der Waals surface area (Å²) >= 11 is 0. The number of methoxy groups -OCH3 is 1. The Balaban J connectivity index is 1.87. The Labute approximate surface area is 136 Å². The van der Waals surface area contributed by atoms with E-state index in [1.165, 1.54) is 11.6 Å². The van der Waals surface area contributed by atoms with E-state index < -0.39 is 11.9 Å². The van der Waals surface area contributed by atoms with Crippen molar-refractivity contribution in [1.29, 1.82) is 0 Å². The lowest BCUT2D eigenvalue weighted by atomic mass is 10.1. The number of aryl methyl sites for hydroxylation is 1. The third-order valence-electron chi connectivity index (χ3n) is 3.81. The van der Waals surface area contributed by atoms with Crippen LogP contribution in [0.5, 0.6) is 5.75 Å². The number of benzene rings is 1. The quantitative estimate of drug-likeness (QED) is 0.824. The summed E-state index contributed by atoms with van der Waals surface area (Å²) in [6.45, 7) is 4.16. The number of hydrogen-bond acceptors (Lipinski definition) is 4. The first-order valence-corrected chi connectivity index (χ1v) is 7.66. The molecule has 0 saturated carbocycles. The van der Waals surface area contributed by atoms with Gasteiger partial charge in [-0.3, -0.25) is 4.98 Å². The molecule has 0 saturated heterocycles. The molecule has 2 rings (SSSR count). The van der Waals surface area contributed by atoms with Crippen LogP contribution in [0.2, 0.25) is 0 Å². The molecule has 124 valence electrons. The van der Waals surface area contributed by atoms with Crippen molar-refractivity contribution in [3.63, 3.8) is 0 Å². The van der Waals surface area contributed by atoms with Crippen LogP contribution in [0, 0.1) is 12.7 Å². The van der Waals surface area contributed by atoms with Gasteiger partial charge >= 0.3 is 0 Å². The number of ether oxygens (including phenoxy) is 1. The maximum absolute atomic E-state index is 13.3. The van der Waals surface area contributed by atoms with Gasteiger partial charge in [0.05, 0.1) is 19.4 Å². The molecule has 0 unspecified atom stereocenters. The van der Waals surface area contributed by atoms with E-state index in [0.717, 1.165) is 18.4 Å². The van der Waals surface area contributed by atoms with E-state index in [2.05, 4.69) is 10.3 Å². The van der Waals surface area contributed by atoms with Gasteiger partial charge in [-0.2, -0.15) is 0 Å². The van der Waals surface area contributed by atoms with Crippen LogP contribution in [-0.2, 0) is 6.42 Å². The Morgan fingerprint density at radius 3 is 2.65 bits per heavy atom. The summed E-state index contributed by atoms with van der Waals surface area (Å²) < 4.78 is 18.4. The number of rotatable bonds is 7. The first kappa shape index (κ1) is 17.4. The van der Waals surface area contributed by atoms with Gasteiger partial charge in [-0.05, 0) is 44.0 Å². The number of nitrogens with zero attached hydrogens (tertiary/aromatic N) is 1. The number of nitrogens with one attached hydrogen (secondary N) is 1. The summed E-state index contributed by atoms with van der Waals surface area (Å²) in [6, 6.07) is 9.42. The van der Waals surface area contributed by atoms with E-state index in [1.807, 2.05) is 31.2 Å². The Morgan fingerprint density at radius 2 is 2.00 bits per heavy atom. The molecule has 0 fully saturated rings. The normalized spacial score (nSPS) is 13.6. The first-order chi connectivity index (χ1) is 11.0. The average molecular weight is 318 g/mol. The summed E-state index contributed by atoms with van der Waals surface area (Å²) in [6.07, 6.45) is 1.21. The minimum Gasteiger partial charge on any atom is -0.497 e. The summed E-state index contributed by atoms with van der Waals surface area (Å²) in [5, 5.41) is 13.5. The van der Waals surface area contributed by atoms with Gasteiger partial charge in [0.25, 0.3) is 0 Å². The fraction of sp³-hybridized carbons (Fsp3) is 0.389. The molecule has 2 N–H and O–H groups in total. The summed E-state index contributed by atoms with van der Waals surface area (Å²) in [5.41, 5.74) is 2.35. The van der Waals surface area contributed by atoms with E-state index in [9.17, 15) is 9.50 Å². The van der Waals surface area contributed by atoms with Crippen molar-refractivity contribution in [3.8, 4) is 5.75 Å². The van der Waals surface area contributed by atoms with Crippen LogP contribution >= 0.6 is 0 Å². The van der Waals surface area contributed by atoms with Crippen molar-refractivity contribution in [2.75, 3.05) is 13.7 Å². The number of halogens is 1. The van der Waals surface area contributed by atoms with Crippen LogP contribution in [0.4, 0.5) is 4.39 Å². The highest BCUT2D eigenvalue weighted by atomic mass is 19.1. The van der Waals surface area contributed by atoms with E-state index in [4.69, 9.17) is 4.74 Å². The van der Waals surface area contributed by atoms with Crippen molar-refractivity contribution in [2.24, 2.45) is 0 Å². The fourth-order valence-corrected chi connectivity index (χ4v) is 2.47. The zero-order chi connectivity index (χ0) is 16.8. The van der Waals surface area contributed by atoms with E-state index in [-0.39, 0.29) is 6.04 Å². The van der Waals surface area contributed by atoms with Gasteiger partial charge in [0.15, 0.2) is 0 Å². The lowest BCUT2D eigenvalue weighted by molar-refractivity contribution is 0.169. The number of pyridine rings is 1. The van der Waals surface area contributed by atoms with E-state index >= 15 is 0 Å². The van der Waals surface area contributed by atoms with Gasteiger partial charge in [-0.1, -0.05) is 12.1 Å². The van der Waals surface area contributed by atoms with Crippen molar-refractivity contribution >= 4 is 0 Å². The zero-order valence-electron chi connectivity index (χ0n) is 13.7. The highest BCUT2D eigenvalue weighted by Crippen LogP contribution is 2.17. The molecule has 1 aromatic heterocycles. The molecule has 0 amide bonds. The predicted octanol–water partition coefficient (Wildman–Crippen LogP) is 2.79. The molecule has 23 heavy (non-hydrogen) atoms. The van der Waals surface area contributed by atoms with Gasteiger partial charge < -0.3 is 15.2 Å². The molecule has 2 atom stereocenters. The molecule has 0 aliphatic carbocycles. The van der Waals surface area contributed by atoms with Crippen LogP contribution in [-0.4, -0.2) is 29.8 Å². The molecule has 0 aliphatic heterocycles. The molecule has 2 aromatic rings. The molecule has 0 radical (unpaired) electrons. The maximum Gasteiger partial charge on any atom is 0.141 e. The lowest BCUT2D eigenvalue weighted by Crippen LogP contribution is -2.32. The highest BCUT2D eigenvalue weighted by Gasteiger charge is 2.14. The molecular weight excluding hydrogens is 295 g/mol. The number of aliphatic hydroxyl groups is 1.